The Hall–Kier alpha value is -1.58. The van der Waals surface area contributed by atoms with Crippen molar-refractivity contribution in [1.29, 1.82) is 0 Å². The highest BCUT2D eigenvalue weighted by molar-refractivity contribution is 9.10. The molecule has 1 N–H and O–H groups in total. The maximum Gasteiger partial charge on any atom is 0.0719 e. The van der Waals surface area contributed by atoms with E-state index in [9.17, 15) is 0 Å². The van der Waals surface area contributed by atoms with E-state index in [0.717, 1.165) is 15.7 Å². The average Bonchev–Trinajstić information content (AvgIpc) is 2.82. The topological polar surface area (TPSA) is 25.0 Å². The van der Waals surface area contributed by atoms with Crippen LogP contribution in [-0.2, 0) is 11.3 Å². The number of halogens is 1. The molecular weight excluding hydrogens is 302 g/mol. The zero-order chi connectivity index (χ0) is 13.2. The van der Waals surface area contributed by atoms with E-state index in [1.165, 1.54) is 16.5 Å². The fourth-order valence-corrected chi connectivity index (χ4v) is 2.67. The van der Waals surface area contributed by atoms with Crippen LogP contribution in [0.5, 0.6) is 0 Å². The van der Waals surface area contributed by atoms with Crippen LogP contribution in [-0.4, -0.2) is 12.1 Å². The third-order valence-corrected chi connectivity index (χ3v) is 3.69. The van der Waals surface area contributed by atoms with Gasteiger partial charge in [0.15, 0.2) is 0 Å². The van der Waals surface area contributed by atoms with E-state index in [1.807, 2.05) is 6.07 Å². The molecule has 0 saturated carbocycles. The van der Waals surface area contributed by atoms with Crippen LogP contribution in [0, 0.1) is 0 Å². The van der Waals surface area contributed by atoms with Gasteiger partial charge in [-0.05, 0) is 23.8 Å². The smallest absolute Gasteiger partial charge is 0.0719 e. The molecule has 1 aromatic heterocycles. The monoisotopic (exact) mass is 315 g/mol. The largest absolute Gasteiger partial charge is 0.380 e. The number of aromatic nitrogens is 1. The Kier molecular flexibility index (Phi) is 3.40. The summed E-state index contributed by atoms with van der Waals surface area (Å²) >= 11 is 3.50. The van der Waals surface area contributed by atoms with E-state index >= 15 is 0 Å². The molecule has 0 bridgehead atoms. The molecule has 2 aromatic carbocycles. The Morgan fingerprint density at radius 3 is 2.79 bits per heavy atom. The first kappa shape index (κ1) is 12.5. The molecule has 3 aromatic rings. The van der Waals surface area contributed by atoms with Crippen molar-refractivity contribution in [2.75, 3.05) is 7.11 Å². The van der Waals surface area contributed by atoms with Gasteiger partial charge in [-0.2, -0.15) is 0 Å². The quantitative estimate of drug-likeness (QED) is 0.741. The summed E-state index contributed by atoms with van der Waals surface area (Å²) in [5.74, 6) is 0. The number of rotatable bonds is 3. The van der Waals surface area contributed by atoms with Gasteiger partial charge in [-0.15, -0.1) is 0 Å². The van der Waals surface area contributed by atoms with Gasteiger partial charge in [-0.3, -0.25) is 0 Å². The van der Waals surface area contributed by atoms with Gasteiger partial charge in [0, 0.05) is 33.7 Å². The Morgan fingerprint density at radius 2 is 1.95 bits per heavy atom. The van der Waals surface area contributed by atoms with Crippen LogP contribution in [0.1, 0.15) is 5.56 Å². The number of hydrogen-bond acceptors (Lipinski definition) is 1. The lowest BCUT2D eigenvalue weighted by atomic mass is 10.1. The zero-order valence-electron chi connectivity index (χ0n) is 10.6. The normalized spacial score (nSPS) is 11.1. The molecule has 0 spiro atoms. The van der Waals surface area contributed by atoms with Crippen LogP contribution in [0.15, 0.2) is 53.0 Å². The minimum absolute atomic E-state index is 0.620. The first-order chi connectivity index (χ1) is 9.28. The minimum Gasteiger partial charge on any atom is -0.380 e. The fourth-order valence-electron chi connectivity index (χ4n) is 2.31. The predicted molar refractivity (Wildman–Crippen MR) is 82.1 cm³/mol. The van der Waals surface area contributed by atoms with Crippen LogP contribution >= 0.6 is 15.9 Å². The molecule has 19 heavy (non-hydrogen) atoms. The third-order valence-electron chi connectivity index (χ3n) is 3.19. The lowest BCUT2D eigenvalue weighted by Gasteiger charge is -2.06. The molecule has 0 fully saturated rings. The van der Waals surface area contributed by atoms with Crippen molar-refractivity contribution >= 4 is 26.8 Å². The van der Waals surface area contributed by atoms with Crippen LogP contribution in [0.25, 0.3) is 22.2 Å². The molecule has 96 valence electrons. The van der Waals surface area contributed by atoms with Gasteiger partial charge >= 0.3 is 0 Å². The summed E-state index contributed by atoms with van der Waals surface area (Å²) in [5, 5.41) is 1.21. The Balaban J connectivity index is 2.13. The van der Waals surface area contributed by atoms with Gasteiger partial charge in [0.2, 0.25) is 0 Å². The minimum atomic E-state index is 0.620. The number of nitrogens with one attached hydrogen (secondary N) is 1. The van der Waals surface area contributed by atoms with E-state index in [1.54, 1.807) is 7.11 Å². The molecular formula is C16H14BrNO. The number of fused-ring (bicyclic) bond motifs is 1. The summed E-state index contributed by atoms with van der Waals surface area (Å²) in [7, 11) is 1.72. The van der Waals surface area contributed by atoms with Crippen molar-refractivity contribution in [2.24, 2.45) is 0 Å². The number of benzene rings is 2. The van der Waals surface area contributed by atoms with Crippen molar-refractivity contribution < 1.29 is 4.74 Å². The van der Waals surface area contributed by atoms with Gasteiger partial charge in [-0.25, -0.2) is 0 Å². The number of H-pyrrole nitrogens is 1. The zero-order valence-corrected chi connectivity index (χ0v) is 12.2. The van der Waals surface area contributed by atoms with E-state index < -0.39 is 0 Å². The Morgan fingerprint density at radius 1 is 1.11 bits per heavy atom. The highest BCUT2D eigenvalue weighted by atomic mass is 79.9. The second-order valence-corrected chi connectivity index (χ2v) is 5.42. The van der Waals surface area contributed by atoms with Gasteiger partial charge in [0.25, 0.3) is 0 Å². The summed E-state index contributed by atoms with van der Waals surface area (Å²) in [6.45, 7) is 0.620. The van der Waals surface area contributed by atoms with E-state index in [-0.39, 0.29) is 0 Å². The van der Waals surface area contributed by atoms with Gasteiger partial charge in [0.1, 0.15) is 0 Å². The lowest BCUT2D eigenvalue weighted by molar-refractivity contribution is 0.185. The second kappa shape index (κ2) is 5.19. The molecule has 0 aliphatic rings. The summed E-state index contributed by atoms with van der Waals surface area (Å²) in [4.78, 5) is 3.47. The van der Waals surface area contributed by atoms with E-state index in [2.05, 4.69) is 63.4 Å². The summed E-state index contributed by atoms with van der Waals surface area (Å²) < 4.78 is 6.34. The number of hydrogen-bond donors (Lipinski definition) is 1. The van der Waals surface area contributed by atoms with Crippen LogP contribution in [0.2, 0.25) is 0 Å². The van der Waals surface area contributed by atoms with Gasteiger partial charge in [-0.1, -0.05) is 46.3 Å². The lowest BCUT2D eigenvalue weighted by Crippen LogP contribution is -1.91. The van der Waals surface area contributed by atoms with Crippen LogP contribution in [0.3, 0.4) is 0 Å². The van der Waals surface area contributed by atoms with Crippen molar-refractivity contribution in [3.63, 3.8) is 0 Å². The summed E-state index contributed by atoms with van der Waals surface area (Å²) in [5.41, 5.74) is 4.64. The van der Waals surface area contributed by atoms with Crippen molar-refractivity contribution in [2.45, 2.75) is 6.61 Å². The highest BCUT2D eigenvalue weighted by Gasteiger charge is 2.07. The second-order valence-electron chi connectivity index (χ2n) is 4.50. The predicted octanol–water partition coefficient (Wildman–Crippen LogP) is 4.74. The van der Waals surface area contributed by atoms with Crippen molar-refractivity contribution in [1.82, 2.24) is 4.98 Å². The molecule has 2 nitrogen and oxygen atoms in total. The molecule has 3 heteroatoms. The molecule has 0 atom stereocenters. The highest BCUT2D eigenvalue weighted by Crippen LogP contribution is 2.28. The Labute approximate surface area is 120 Å². The number of ether oxygens (including phenoxy) is 1. The molecule has 1 heterocycles. The molecule has 0 amide bonds. The summed E-state index contributed by atoms with van der Waals surface area (Å²) in [6, 6.07) is 16.7. The third kappa shape index (κ3) is 2.44. The molecule has 0 unspecified atom stereocenters. The molecule has 0 aliphatic carbocycles. The molecule has 0 aliphatic heterocycles. The average molecular weight is 316 g/mol. The molecule has 0 radical (unpaired) electrons. The first-order valence-electron chi connectivity index (χ1n) is 6.13. The van der Waals surface area contributed by atoms with Crippen LogP contribution < -0.4 is 0 Å². The Bertz CT molecular complexity index is 718. The number of methoxy groups -OCH3 is 1. The van der Waals surface area contributed by atoms with E-state index in [4.69, 9.17) is 4.74 Å². The van der Waals surface area contributed by atoms with Crippen molar-refractivity contribution in [3.05, 3.63) is 58.6 Å². The maximum absolute atomic E-state index is 5.26. The molecule has 3 rings (SSSR count). The fraction of sp³-hybridized carbons (Fsp3) is 0.125. The van der Waals surface area contributed by atoms with Gasteiger partial charge in [0.05, 0.1) is 6.61 Å². The first-order valence-corrected chi connectivity index (χ1v) is 6.93. The van der Waals surface area contributed by atoms with Crippen LogP contribution in [0.4, 0.5) is 0 Å². The SMILES string of the molecule is COCc1ccccc1-c1cc2ccc(Br)cc2[nH]1. The number of aromatic amines is 1. The van der Waals surface area contributed by atoms with Crippen molar-refractivity contribution in [3.8, 4) is 11.3 Å². The maximum atomic E-state index is 5.26. The van der Waals surface area contributed by atoms with Gasteiger partial charge < -0.3 is 9.72 Å². The molecule has 0 saturated heterocycles. The van der Waals surface area contributed by atoms with E-state index in [0.29, 0.717) is 6.61 Å². The summed E-state index contributed by atoms with van der Waals surface area (Å²) in [6.07, 6.45) is 0. The standard InChI is InChI=1S/C16H14BrNO/c1-19-10-12-4-2-3-5-14(12)16-8-11-6-7-13(17)9-15(11)18-16/h2-9,18H,10H2,1H3.